The molecular formula is C4H12N2O2. The number of aliphatic hydroxyl groups is 2. The molecule has 0 saturated carbocycles. The lowest BCUT2D eigenvalue weighted by Gasteiger charge is -2.23. The molecule has 2 unspecified atom stereocenters. The van der Waals surface area contributed by atoms with Gasteiger partial charge in [0.1, 0.15) is 6.23 Å². The monoisotopic (exact) mass is 120 g/mol. The average molecular weight is 120 g/mol. The third-order valence-corrected chi connectivity index (χ3v) is 1.08. The van der Waals surface area contributed by atoms with Gasteiger partial charge >= 0.3 is 0 Å². The smallest absolute Gasteiger partial charge is 0.152 e. The first-order valence-corrected chi connectivity index (χ1v) is 2.45. The zero-order valence-corrected chi connectivity index (χ0v) is 4.83. The van der Waals surface area contributed by atoms with Crippen molar-refractivity contribution < 1.29 is 10.2 Å². The second kappa shape index (κ2) is 2.41. The SMILES string of the molecule is CCC(N)(O)C(N)O. The van der Waals surface area contributed by atoms with Crippen LogP contribution in [0.4, 0.5) is 0 Å². The number of hydrogen-bond donors (Lipinski definition) is 4. The number of hydrogen-bond acceptors (Lipinski definition) is 4. The van der Waals surface area contributed by atoms with Crippen LogP contribution in [0, 0.1) is 0 Å². The quantitative estimate of drug-likeness (QED) is 0.327. The minimum absolute atomic E-state index is 0.241. The van der Waals surface area contributed by atoms with Crippen molar-refractivity contribution in [3.63, 3.8) is 0 Å². The highest BCUT2D eigenvalue weighted by atomic mass is 16.4. The third-order valence-electron chi connectivity index (χ3n) is 1.08. The lowest BCUT2D eigenvalue weighted by atomic mass is 10.1. The Morgan fingerprint density at radius 1 is 1.75 bits per heavy atom. The largest absolute Gasteiger partial charge is 0.374 e. The highest BCUT2D eigenvalue weighted by Crippen LogP contribution is 2.01. The number of nitrogens with two attached hydrogens (primary N) is 2. The van der Waals surface area contributed by atoms with Gasteiger partial charge in [-0.25, -0.2) is 0 Å². The molecule has 0 aliphatic heterocycles. The summed E-state index contributed by atoms with van der Waals surface area (Å²) in [5, 5.41) is 17.3. The lowest BCUT2D eigenvalue weighted by Crippen LogP contribution is -2.54. The maximum absolute atomic E-state index is 8.80. The first-order valence-electron chi connectivity index (χ1n) is 2.45. The fourth-order valence-electron chi connectivity index (χ4n) is 0.209. The van der Waals surface area contributed by atoms with E-state index in [1.54, 1.807) is 6.92 Å². The summed E-state index contributed by atoms with van der Waals surface area (Å²) in [6, 6.07) is 0. The molecule has 0 saturated heterocycles. The maximum Gasteiger partial charge on any atom is 0.152 e. The fraction of sp³-hybridized carbons (Fsp3) is 1.00. The van der Waals surface area contributed by atoms with Crippen LogP contribution < -0.4 is 11.5 Å². The van der Waals surface area contributed by atoms with E-state index in [1.807, 2.05) is 0 Å². The maximum atomic E-state index is 8.80. The Kier molecular flexibility index (Phi) is 2.36. The van der Waals surface area contributed by atoms with Gasteiger partial charge in [0.15, 0.2) is 5.72 Å². The van der Waals surface area contributed by atoms with Crippen LogP contribution in [0.25, 0.3) is 0 Å². The zero-order valence-electron chi connectivity index (χ0n) is 4.83. The predicted molar refractivity (Wildman–Crippen MR) is 29.6 cm³/mol. The van der Waals surface area contributed by atoms with Crippen LogP contribution in [0.2, 0.25) is 0 Å². The molecule has 0 aliphatic rings. The summed E-state index contributed by atoms with van der Waals surface area (Å²) >= 11 is 0. The average Bonchev–Trinajstić information content (AvgIpc) is 1.67. The molecule has 4 nitrogen and oxygen atoms in total. The molecule has 8 heavy (non-hydrogen) atoms. The molecule has 0 amide bonds. The van der Waals surface area contributed by atoms with Crippen molar-refractivity contribution in [1.82, 2.24) is 0 Å². The van der Waals surface area contributed by atoms with E-state index in [0.717, 1.165) is 0 Å². The van der Waals surface area contributed by atoms with Crippen molar-refractivity contribution in [1.29, 1.82) is 0 Å². The Balaban J connectivity index is 3.71. The summed E-state index contributed by atoms with van der Waals surface area (Å²) in [6.45, 7) is 1.64. The van der Waals surface area contributed by atoms with Gasteiger partial charge in [-0.2, -0.15) is 0 Å². The minimum atomic E-state index is -1.62. The van der Waals surface area contributed by atoms with E-state index in [0.29, 0.717) is 0 Å². The molecule has 2 atom stereocenters. The Morgan fingerprint density at radius 3 is 2.12 bits per heavy atom. The lowest BCUT2D eigenvalue weighted by molar-refractivity contribution is -0.0697. The molecule has 0 fully saturated rings. The molecule has 4 heteroatoms. The van der Waals surface area contributed by atoms with Crippen molar-refractivity contribution in [2.75, 3.05) is 0 Å². The van der Waals surface area contributed by atoms with Crippen LogP contribution in [0.15, 0.2) is 0 Å². The highest BCUT2D eigenvalue weighted by molar-refractivity contribution is 4.72. The number of rotatable bonds is 2. The Labute approximate surface area is 48.1 Å². The molecule has 0 rings (SSSR count). The normalized spacial score (nSPS) is 22.1. The van der Waals surface area contributed by atoms with Crippen LogP contribution >= 0.6 is 0 Å². The predicted octanol–water partition coefficient (Wildman–Crippen LogP) is -1.68. The van der Waals surface area contributed by atoms with Gasteiger partial charge in [-0.15, -0.1) is 0 Å². The summed E-state index contributed by atoms with van der Waals surface area (Å²) in [6.07, 6.45) is -1.11. The van der Waals surface area contributed by atoms with Gasteiger partial charge < -0.3 is 21.7 Å². The molecule has 0 spiro atoms. The van der Waals surface area contributed by atoms with Crippen LogP contribution in [0.5, 0.6) is 0 Å². The standard InChI is InChI=1S/C4H12N2O2/c1-2-4(6,8)3(5)7/h3,7-8H,2,5-6H2,1H3. The van der Waals surface area contributed by atoms with E-state index >= 15 is 0 Å². The second-order valence-corrected chi connectivity index (χ2v) is 1.79. The van der Waals surface area contributed by atoms with E-state index < -0.39 is 12.0 Å². The molecule has 50 valence electrons. The van der Waals surface area contributed by atoms with Crippen molar-refractivity contribution >= 4 is 0 Å². The molecule has 0 aromatic carbocycles. The summed E-state index contributed by atoms with van der Waals surface area (Å²) in [4.78, 5) is 0. The van der Waals surface area contributed by atoms with Crippen molar-refractivity contribution in [3.05, 3.63) is 0 Å². The van der Waals surface area contributed by atoms with Crippen LogP contribution in [0.3, 0.4) is 0 Å². The number of aliphatic hydroxyl groups excluding tert-OH is 1. The minimum Gasteiger partial charge on any atom is -0.374 e. The molecule has 0 aromatic heterocycles. The van der Waals surface area contributed by atoms with E-state index in [-0.39, 0.29) is 6.42 Å². The van der Waals surface area contributed by atoms with Gasteiger partial charge in [0.05, 0.1) is 0 Å². The summed E-state index contributed by atoms with van der Waals surface area (Å²) < 4.78 is 0. The van der Waals surface area contributed by atoms with E-state index in [1.165, 1.54) is 0 Å². The van der Waals surface area contributed by atoms with Gasteiger partial charge in [0, 0.05) is 0 Å². The molecule has 0 aliphatic carbocycles. The molecule has 0 radical (unpaired) electrons. The second-order valence-electron chi connectivity index (χ2n) is 1.79. The molecule has 0 aromatic rings. The van der Waals surface area contributed by atoms with E-state index in [4.69, 9.17) is 21.7 Å². The van der Waals surface area contributed by atoms with Gasteiger partial charge in [-0.05, 0) is 6.42 Å². The highest BCUT2D eigenvalue weighted by Gasteiger charge is 2.24. The topological polar surface area (TPSA) is 92.5 Å². The summed E-state index contributed by atoms with van der Waals surface area (Å²) in [5.74, 6) is 0. The van der Waals surface area contributed by atoms with Gasteiger partial charge in [-0.3, -0.25) is 0 Å². The zero-order chi connectivity index (χ0) is 6.78. The molecule has 6 N–H and O–H groups in total. The van der Waals surface area contributed by atoms with Crippen LogP contribution in [-0.2, 0) is 0 Å². The van der Waals surface area contributed by atoms with Crippen molar-refractivity contribution in [2.24, 2.45) is 11.5 Å². The van der Waals surface area contributed by atoms with Gasteiger partial charge in [0.25, 0.3) is 0 Å². The first kappa shape index (κ1) is 7.84. The van der Waals surface area contributed by atoms with Crippen LogP contribution in [0.1, 0.15) is 13.3 Å². The Morgan fingerprint density at radius 2 is 2.12 bits per heavy atom. The summed E-state index contributed by atoms with van der Waals surface area (Å²) in [5.41, 5.74) is 8.28. The first-order chi connectivity index (χ1) is 3.50. The van der Waals surface area contributed by atoms with Crippen molar-refractivity contribution in [3.8, 4) is 0 Å². The van der Waals surface area contributed by atoms with Gasteiger partial charge in [-0.1, -0.05) is 6.92 Å². The molecule has 0 heterocycles. The van der Waals surface area contributed by atoms with Gasteiger partial charge in [0.2, 0.25) is 0 Å². The van der Waals surface area contributed by atoms with E-state index in [2.05, 4.69) is 0 Å². The molecule has 0 bridgehead atoms. The summed E-state index contributed by atoms with van der Waals surface area (Å²) in [7, 11) is 0. The fourth-order valence-corrected chi connectivity index (χ4v) is 0.209. The Hall–Kier alpha value is -0.160. The van der Waals surface area contributed by atoms with Crippen LogP contribution in [-0.4, -0.2) is 22.2 Å². The molecular weight excluding hydrogens is 108 g/mol. The van der Waals surface area contributed by atoms with Crippen molar-refractivity contribution in [2.45, 2.75) is 25.3 Å². The third kappa shape index (κ3) is 1.75. The Bertz CT molecular complexity index is 72.4. The van der Waals surface area contributed by atoms with E-state index in [9.17, 15) is 0 Å².